The molecule has 0 fully saturated rings. The third kappa shape index (κ3) is 3.46. The van der Waals surface area contributed by atoms with Crippen LogP contribution in [0.15, 0.2) is 53.0 Å². The summed E-state index contributed by atoms with van der Waals surface area (Å²) in [5.74, 6) is 5.22. The van der Waals surface area contributed by atoms with Gasteiger partial charge in [-0.3, -0.25) is 4.79 Å². The Morgan fingerprint density at radius 1 is 1.00 bits per heavy atom. The van der Waals surface area contributed by atoms with Crippen molar-refractivity contribution in [3.05, 3.63) is 69.2 Å². The Balaban J connectivity index is 2.17. The van der Waals surface area contributed by atoms with E-state index in [1.165, 1.54) is 0 Å². The second-order valence-electron chi connectivity index (χ2n) is 3.59. The molecule has 0 aliphatic carbocycles. The Morgan fingerprint density at radius 2 is 1.61 bits per heavy atom. The zero-order chi connectivity index (χ0) is 13.0. The predicted molar refractivity (Wildman–Crippen MR) is 76.8 cm³/mol. The van der Waals surface area contributed by atoms with E-state index in [4.69, 9.17) is 11.6 Å². The Bertz CT molecular complexity index is 618. The van der Waals surface area contributed by atoms with E-state index in [-0.39, 0.29) is 5.78 Å². The minimum absolute atomic E-state index is 0.213. The lowest BCUT2D eigenvalue weighted by Crippen LogP contribution is -1.94. The molecule has 0 atom stereocenters. The molecular weight excluding hydrogens is 312 g/mol. The standard InChI is InChI=1S/C15H8BrClO/c16-13-6-1-11(2-7-13)3-10-15(18)12-4-8-14(17)9-5-12/h1-2,4-9H. The van der Waals surface area contributed by atoms with Crippen LogP contribution in [0.2, 0.25) is 5.02 Å². The van der Waals surface area contributed by atoms with E-state index < -0.39 is 0 Å². The minimum atomic E-state index is -0.213. The predicted octanol–water partition coefficient (Wildman–Crippen LogP) is 4.34. The van der Waals surface area contributed by atoms with Crippen LogP contribution in [0.1, 0.15) is 15.9 Å². The van der Waals surface area contributed by atoms with E-state index in [1.807, 2.05) is 24.3 Å². The maximum absolute atomic E-state index is 11.8. The molecule has 0 saturated carbocycles. The maximum Gasteiger partial charge on any atom is 0.236 e. The lowest BCUT2D eigenvalue weighted by Gasteiger charge is -1.93. The molecule has 0 radical (unpaired) electrons. The van der Waals surface area contributed by atoms with Crippen LogP contribution in [0.25, 0.3) is 0 Å². The Hall–Kier alpha value is -1.56. The van der Waals surface area contributed by atoms with Gasteiger partial charge in [-0.15, -0.1) is 0 Å². The molecule has 0 unspecified atom stereocenters. The molecule has 0 aliphatic heterocycles. The van der Waals surface area contributed by atoms with E-state index in [2.05, 4.69) is 27.8 Å². The fourth-order valence-electron chi connectivity index (χ4n) is 1.34. The van der Waals surface area contributed by atoms with Gasteiger partial charge in [-0.25, -0.2) is 0 Å². The molecule has 0 spiro atoms. The molecule has 0 saturated heterocycles. The molecule has 0 aliphatic rings. The first-order valence-corrected chi connectivity index (χ1v) is 6.40. The molecule has 2 aromatic carbocycles. The van der Waals surface area contributed by atoms with Crippen molar-refractivity contribution in [2.45, 2.75) is 0 Å². The molecule has 0 heterocycles. The first kappa shape index (κ1) is 12.9. The Labute approximate surface area is 119 Å². The molecule has 1 nitrogen and oxygen atoms in total. The zero-order valence-corrected chi connectivity index (χ0v) is 11.6. The number of halogens is 2. The van der Waals surface area contributed by atoms with Crippen LogP contribution in [-0.4, -0.2) is 5.78 Å². The lowest BCUT2D eigenvalue weighted by molar-refractivity contribution is 0.105. The molecule has 88 valence electrons. The summed E-state index contributed by atoms with van der Waals surface area (Å²) in [5.41, 5.74) is 1.35. The quantitative estimate of drug-likeness (QED) is 0.564. The van der Waals surface area contributed by atoms with Crippen LogP contribution < -0.4 is 0 Å². The van der Waals surface area contributed by atoms with E-state index in [1.54, 1.807) is 24.3 Å². The van der Waals surface area contributed by atoms with Crippen molar-refractivity contribution < 1.29 is 4.79 Å². The van der Waals surface area contributed by atoms with Gasteiger partial charge >= 0.3 is 0 Å². The van der Waals surface area contributed by atoms with Crippen molar-refractivity contribution in [3.63, 3.8) is 0 Å². The highest BCUT2D eigenvalue weighted by molar-refractivity contribution is 9.10. The molecule has 0 N–H and O–H groups in total. The van der Waals surface area contributed by atoms with Crippen molar-refractivity contribution in [3.8, 4) is 11.8 Å². The van der Waals surface area contributed by atoms with Crippen LogP contribution in [0.3, 0.4) is 0 Å². The Morgan fingerprint density at radius 3 is 2.22 bits per heavy atom. The average molecular weight is 320 g/mol. The molecule has 2 rings (SSSR count). The molecule has 0 amide bonds. The SMILES string of the molecule is O=C(C#Cc1ccc(Br)cc1)c1ccc(Cl)cc1. The summed E-state index contributed by atoms with van der Waals surface area (Å²) in [7, 11) is 0. The molecule has 2 aromatic rings. The summed E-state index contributed by atoms with van der Waals surface area (Å²) in [5, 5.41) is 0.604. The van der Waals surface area contributed by atoms with Crippen molar-refractivity contribution in [2.24, 2.45) is 0 Å². The third-order valence-electron chi connectivity index (χ3n) is 2.27. The zero-order valence-electron chi connectivity index (χ0n) is 9.28. The lowest BCUT2D eigenvalue weighted by atomic mass is 10.1. The highest BCUT2D eigenvalue weighted by Gasteiger charge is 2.00. The van der Waals surface area contributed by atoms with Gasteiger partial charge in [0.2, 0.25) is 5.78 Å². The molecular formula is C15H8BrClO. The highest BCUT2D eigenvalue weighted by atomic mass is 79.9. The number of benzene rings is 2. The normalized spacial score (nSPS) is 9.44. The van der Waals surface area contributed by atoms with Gasteiger partial charge in [0.15, 0.2) is 0 Å². The van der Waals surface area contributed by atoms with E-state index in [0.29, 0.717) is 10.6 Å². The van der Waals surface area contributed by atoms with Crippen LogP contribution >= 0.6 is 27.5 Å². The van der Waals surface area contributed by atoms with Crippen molar-refractivity contribution >= 4 is 33.3 Å². The van der Waals surface area contributed by atoms with E-state index >= 15 is 0 Å². The van der Waals surface area contributed by atoms with Crippen LogP contribution in [0.4, 0.5) is 0 Å². The van der Waals surface area contributed by atoms with Crippen LogP contribution in [0.5, 0.6) is 0 Å². The first-order valence-electron chi connectivity index (χ1n) is 5.22. The number of ketones is 1. The summed E-state index contributed by atoms with van der Waals surface area (Å²) in [4.78, 5) is 11.8. The average Bonchev–Trinajstić information content (AvgIpc) is 2.38. The van der Waals surface area contributed by atoms with Crippen molar-refractivity contribution in [2.75, 3.05) is 0 Å². The fourth-order valence-corrected chi connectivity index (χ4v) is 1.73. The van der Waals surface area contributed by atoms with Gasteiger partial charge in [-0.05, 0) is 54.5 Å². The van der Waals surface area contributed by atoms with Crippen LogP contribution in [0, 0.1) is 11.8 Å². The van der Waals surface area contributed by atoms with Gasteiger partial charge < -0.3 is 0 Å². The number of carbonyl (C=O) groups excluding carboxylic acids is 1. The van der Waals surface area contributed by atoms with Gasteiger partial charge in [0.05, 0.1) is 0 Å². The molecule has 0 aromatic heterocycles. The molecule has 18 heavy (non-hydrogen) atoms. The number of hydrogen-bond donors (Lipinski definition) is 0. The minimum Gasteiger partial charge on any atom is -0.279 e. The van der Waals surface area contributed by atoms with Crippen LogP contribution in [-0.2, 0) is 0 Å². The highest BCUT2D eigenvalue weighted by Crippen LogP contribution is 2.11. The third-order valence-corrected chi connectivity index (χ3v) is 3.05. The number of hydrogen-bond acceptors (Lipinski definition) is 1. The largest absolute Gasteiger partial charge is 0.279 e. The maximum atomic E-state index is 11.8. The molecule has 0 bridgehead atoms. The number of rotatable bonds is 1. The monoisotopic (exact) mass is 318 g/mol. The summed E-state index contributed by atoms with van der Waals surface area (Å²) in [6, 6.07) is 14.2. The summed E-state index contributed by atoms with van der Waals surface area (Å²) in [6.07, 6.45) is 0. The smallest absolute Gasteiger partial charge is 0.236 e. The number of Topliss-reactive ketones (excluding diaryl/α,β-unsaturated/α-hetero) is 1. The van der Waals surface area contributed by atoms with Gasteiger partial charge in [-0.1, -0.05) is 33.5 Å². The first-order chi connectivity index (χ1) is 8.65. The fraction of sp³-hybridized carbons (Fsp3) is 0. The van der Waals surface area contributed by atoms with Crippen molar-refractivity contribution in [1.82, 2.24) is 0 Å². The summed E-state index contributed by atoms with van der Waals surface area (Å²) in [6.45, 7) is 0. The summed E-state index contributed by atoms with van der Waals surface area (Å²) < 4.78 is 0.983. The topological polar surface area (TPSA) is 17.1 Å². The van der Waals surface area contributed by atoms with Gasteiger partial charge in [0, 0.05) is 20.6 Å². The van der Waals surface area contributed by atoms with Crippen molar-refractivity contribution in [1.29, 1.82) is 0 Å². The van der Waals surface area contributed by atoms with Gasteiger partial charge in [-0.2, -0.15) is 0 Å². The van der Waals surface area contributed by atoms with Gasteiger partial charge in [0.25, 0.3) is 0 Å². The van der Waals surface area contributed by atoms with E-state index in [0.717, 1.165) is 10.0 Å². The van der Waals surface area contributed by atoms with E-state index in [9.17, 15) is 4.79 Å². The summed E-state index contributed by atoms with van der Waals surface area (Å²) >= 11 is 9.09. The number of carbonyl (C=O) groups is 1. The second-order valence-corrected chi connectivity index (χ2v) is 4.95. The Kier molecular flexibility index (Phi) is 4.19. The van der Waals surface area contributed by atoms with Gasteiger partial charge in [0.1, 0.15) is 0 Å². The second kappa shape index (κ2) is 5.86. The molecule has 3 heteroatoms.